The van der Waals surface area contributed by atoms with E-state index in [0.717, 1.165) is 10.6 Å². The Morgan fingerprint density at radius 3 is 2.41 bits per heavy atom. The lowest BCUT2D eigenvalue weighted by atomic mass is 10.0. The van der Waals surface area contributed by atoms with Crippen LogP contribution in [0.25, 0.3) is 0 Å². The Balaban J connectivity index is 1.81. The van der Waals surface area contributed by atoms with Crippen LogP contribution in [0.3, 0.4) is 0 Å². The fourth-order valence-electron chi connectivity index (χ4n) is 3.76. The number of hydrazone groups is 1. The van der Waals surface area contributed by atoms with Crippen molar-refractivity contribution in [1.29, 1.82) is 0 Å². The third-order valence-electron chi connectivity index (χ3n) is 5.36. The minimum atomic E-state index is -0.603. The number of para-hydroxylation sites is 1. The molecule has 8 nitrogen and oxygen atoms in total. The Hall–Kier alpha value is -4.33. The summed E-state index contributed by atoms with van der Waals surface area (Å²) in [4.78, 5) is 44.9. The second kappa shape index (κ2) is 10.1. The highest BCUT2D eigenvalue weighted by atomic mass is 16.5. The lowest BCUT2D eigenvalue weighted by Crippen LogP contribution is -2.45. The maximum absolute atomic E-state index is 13.6. The molecule has 2 aromatic carbocycles. The van der Waals surface area contributed by atoms with Gasteiger partial charge in [-0.25, -0.2) is 9.80 Å². The third kappa shape index (κ3) is 4.71. The number of Topliss-reactive ketones (excluding diaryl/α,β-unsaturated/α-hetero) is 1. The quantitative estimate of drug-likeness (QED) is 0.398. The molecule has 34 heavy (non-hydrogen) atoms. The summed E-state index contributed by atoms with van der Waals surface area (Å²) in [6, 6.07) is 19.2. The number of hydrogen-bond acceptors (Lipinski definition) is 6. The van der Waals surface area contributed by atoms with E-state index in [4.69, 9.17) is 4.74 Å². The molecule has 0 saturated carbocycles. The van der Waals surface area contributed by atoms with Gasteiger partial charge in [0.1, 0.15) is 12.3 Å². The summed E-state index contributed by atoms with van der Waals surface area (Å²) in [7, 11) is 0. The molecule has 4 rings (SSSR count). The SMILES string of the molecule is CCOC(=O)CN1N=C(c2ccccn2)c2ccccc2N(CC(=O)c2ccccc2C)C1=O. The minimum absolute atomic E-state index is 0.174. The number of ketones is 1. The van der Waals surface area contributed by atoms with Gasteiger partial charge in [-0.05, 0) is 37.6 Å². The van der Waals surface area contributed by atoms with Crippen molar-refractivity contribution >= 4 is 29.2 Å². The molecule has 0 N–H and O–H groups in total. The molecule has 0 bridgehead atoms. The third-order valence-corrected chi connectivity index (χ3v) is 5.36. The summed E-state index contributed by atoms with van der Waals surface area (Å²) in [5, 5.41) is 5.56. The van der Waals surface area contributed by atoms with Crippen LogP contribution >= 0.6 is 0 Å². The van der Waals surface area contributed by atoms with Gasteiger partial charge in [0.2, 0.25) is 0 Å². The van der Waals surface area contributed by atoms with Crippen molar-refractivity contribution in [3.8, 4) is 0 Å². The van der Waals surface area contributed by atoms with Gasteiger partial charge in [-0.1, -0.05) is 48.5 Å². The molecule has 1 aliphatic rings. The van der Waals surface area contributed by atoms with Crippen molar-refractivity contribution in [2.24, 2.45) is 5.10 Å². The molecule has 0 unspecified atom stereocenters. The number of rotatable bonds is 7. The number of anilines is 1. The Morgan fingerprint density at radius 2 is 1.68 bits per heavy atom. The first-order chi connectivity index (χ1) is 16.5. The van der Waals surface area contributed by atoms with Crippen LogP contribution in [0.1, 0.15) is 34.1 Å². The van der Waals surface area contributed by atoms with E-state index in [1.165, 1.54) is 4.90 Å². The van der Waals surface area contributed by atoms with Crippen molar-refractivity contribution in [1.82, 2.24) is 9.99 Å². The summed E-state index contributed by atoms with van der Waals surface area (Å²) in [6.45, 7) is 3.10. The van der Waals surface area contributed by atoms with Crippen LogP contribution in [0.15, 0.2) is 78.0 Å². The van der Waals surface area contributed by atoms with Gasteiger partial charge in [-0.2, -0.15) is 5.10 Å². The van der Waals surface area contributed by atoms with Crippen molar-refractivity contribution in [2.45, 2.75) is 13.8 Å². The van der Waals surface area contributed by atoms with Gasteiger partial charge in [0.15, 0.2) is 5.78 Å². The fourth-order valence-corrected chi connectivity index (χ4v) is 3.76. The molecule has 0 radical (unpaired) electrons. The molecule has 1 aromatic heterocycles. The predicted octanol–water partition coefficient (Wildman–Crippen LogP) is 3.83. The monoisotopic (exact) mass is 456 g/mol. The van der Waals surface area contributed by atoms with Crippen LogP contribution in [0, 0.1) is 6.92 Å². The largest absolute Gasteiger partial charge is 0.465 e. The number of ether oxygens (including phenoxy) is 1. The molecule has 0 spiro atoms. The fraction of sp³-hybridized carbons (Fsp3) is 0.192. The zero-order chi connectivity index (χ0) is 24.1. The molecule has 0 saturated heterocycles. The van der Waals surface area contributed by atoms with Gasteiger partial charge in [0, 0.05) is 17.3 Å². The number of esters is 1. The standard InChI is InChI=1S/C26H24N4O4/c1-3-34-24(32)17-30-26(33)29(16-23(31)19-11-5-4-10-18(19)2)22-14-7-6-12-20(22)25(28-30)21-13-8-9-15-27-21/h4-15H,3,16-17H2,1-2H3. The van der Waals surface area contributed by atoms with Crippen molar-refractivity contribution in [3.63, 3.8) is 0 Å². The van der Waals surface area contributed by atoms with E-state index in [-0.39, 0.29) is 18.9 Å². The van der Waals surface area contributed by atoms with Crippen LogP contribution in [0.4, 0.5) is 10.5 Å². The number of aromatic nitrogens is 1. The number of aryl methyl sites for hydroxylation is 1. The molecule has 2 heterocycles. The molecule has 0 atom stereocenters. The van der Waals surface area contributed by atoms with E-state index in [9.17, 15) is 14.4 Å². The normalized spacial score (nSPS) is 13.1. The van der Waals surface area contributed by atoms with Crippen molar-refractivity contribution in [2.75, 3.05) is 24.6 Å². The van der Waals surface area contributed by atoms with E-state index >= 15 is 0 Å². The highest BCUT2D eigenvalue weighted by Gasteiger charge is 2.33. The summed E-state index contributed by atoms with van der Waals surface area (Å²) < 4.78 is 5.05. The Bertz CT molecular complexity index is 1260. The van der Waals surface area contributed by atoms with Crippen LogP contribution in [-0.2, 0) is 9.53 Å². The number of carbonyl (C=O) groups excluding carboxylic acids is 3. The molecule has 3 aromatic rings. The molecular weight excluding hydrogens is 432 g/mol. The van der Waals surface area contributed by atoms with Crippen LogP contribution in [-0.4, -0.2) is 53.2 Å². The molecular formula is C26H24N4O4. The number of benzene rings is 2. The van der Waals surface area contributed by atoms with E-state index in [1.54, 1.807) is 49.5 Å². The van der Waals surface area contributed by atoms with Crippen LogP contribution in [0.5, 0.6) is 0 Å². The summed E-state index contributed by atoms with van der Waals surface area (Å²) >= 11 is 0. The average Bonchev–Trinajstić information content (AvgIpc) is 2.95. The first-order valence-corrected chi connectivity index (χ1v) is 10.9. The van der Waals surface area contributed by atoms with Gasteiger partial charge in [-0.15, -0.1) is 0 Å². The van der Waals surface area contributed by atoms with E-state index in [2.05, 4.69) is 10.1 Å². The van der Waals surface area contributed by atoms with E-state index < -0.39 is 18.5 Å². The van der Waals surface area contributed by atoms with Gasteiger partial charge in [0.25, 0.3) is 0 Å². The van der Waals surface area contributed by atoms with Gasteiger partial charge in [0.05, 0.1) is 24.5 Å². The van der Waals surface area contributed by atoms with Gasteiger partial charge in [-0.3, -0.25) is 19.5 Å². The minimum Gasteiger partial charge on any atom is -0.465 e. The lowest BCUT2D eigenvalue weighted by Gasteiger charge is -2.25. The van der Waals surface area contributed by atoms with Crippen LogP contribution in [0.2, 0.25) is 0 Å². The number of fused-ring (bicyclic) bond motifs is 1. The van der Waals surface area contributed by atoms with Crippen molar-refractivity contribution in [3.05, 3.63) is 95.3 Å². The molecule has 0 fully saturated rings. The zero-order valence-corrected chi connectivity index (χ0v) is 19.0. The van der Waals surface area contributed by atoms with E-state index in [1.807, 2.05) is 37.3 Å². The highest BCUT2D eigenvalue weighted by molar-refractivity contribution is 6.19. The Labute approximate surface area is 197 Å². The van der Waals surface area contributed by atoms with E-state index in [0.29, 0.717) is 28.2 Å². The molecule has 0 aliphatic carbocycles. The topological polar surface area (TPSA) is 92.2 Å². The highest BCUT2D eigenvalue weighted by Crippen LogP contribution is 2.28. The number of nitrogens with zero attached hydrogens (tertiary/aromatic N) is 4. The maximum Gasteiger partial charge on any atom is 0.345 e. The first-order valence-electron chi connectivity index (χ1n) is 10.9. The molecule has 2 amide bonds. The first kappa shape index (κ1) is 22.8. The lowest BCUT2D eigenvalue weighted by molar-refractivity contribution is -0.143. The number of hydrogen-bond donors (Lipinski definition) is 0. The van der Waals surface area contributed by atoms with Crippen LogP contribution < -0.4 is 4.90 Å². The predicted molar refractivity (Wildman–Crippen MR) is 128 cm³/mol. The Kier molecular flexibility index (Phi) is 6.77. The molecule has 1 aliphatic heterocycles. The Morgan fingerprint density at radius 1 is 0.941 bits per heavy atom. The number of carbonyl (C=O) groups is 3. The maximum atomic E-state index is 13.6. The second-order valence-corrected chi connectivity index (χ2v) is 7.65. The average molecular weight is 457 g/mol. The summed E-state index contributed by atoms with van der Waals surface area (Å²) in [5.74, 6) is -0.824. The zero-order valence-electron chi connectivity index (χ0n) is 19.0. The molecule has 8 heteroatoms. The number of pyridine rings is 1. The van der Waals surface area contributed by atoms with Gasteiger partial charge >= 0.3 is 12.0 Å². The second-order valence-electron chi connectivity index (χ2n) is 7.65. The van der Waals surface area contributed by atoms with Gasteiger partial charge < -0.3 is 4.74 Å². The number of amides is 2. The smallest absolute Gasteiger partial charge is 0.345 e. The van der Waals surface area contributed by atoms with Crippen molar-refractivity contribution < 1.29 is 19.1 Å². The molecule has 172 valence electrons. The number of urea groups is 1. The summed E-state index contributed by atoms with van der Waals surface area (Å²) in [6.07, 6.45) is 1.63. The summed E-state index contributed by atoms with van der Waals surface area (Å²) in [5.41, 5.74) is 3.42.